The number of imide groups is 1. The summed E-state index contributed by atoms with van der Waals surface area (Å²) in [6.07, 6.45) is 13.1. The third kappa shape index (κ3) is 7.85. The van der Waals surface area contributed by atoms with Crippen LogP contribution in [0.5, 0.6) is 5.88 Å². The fraction of sp³-hybridized carbons (Fsp3) is 0.525. The Bertz CT molecular complexity index is 2240. The molecular formula is C40H51N11O5. The van der Waals surface area contributed by atoms with Gasteiger partial charge in [-0.05, 0) is 57.4 Å². The number of aromatic amines is 1. The van der Waals surface area contributed by atoms with Gasteiger partial charge in [-0.3, -0.25) is 29.1 Å². The summed E-state index contributed by atoms with van der Waals surface area (Å²) in [4.78, 5) is 56.8. The largest absolute Gasteiger partial charge is 0.481 e. The molecule has 0 spiro atoms. The smallest absolute Gasteiger partial charge is 0.329 e. The van der Waals surface area contributed by atoms with Crippen LogP contribution in [0.25, 0.3) is 33.3 Å². The molecule has 3 saturated heterocycles. The van der Waals surface area contributed by atoms with Crippen LogP contribution in [0.2, 0.25) is 0 Å². The number of benzene rings is 1. The van der Waals surface area contributed by atoms with Gasteiger partial charge in [0.25, 0.3) is 0 Å². The Morgan fingerprint density at radius 2 is 1.55 bits per heavy atom. The van der Waals surface area contributed by atoms with Crippen LogP contribution in [-0.2, 0) is 21.4 Å². The summed E-state index contributed by atoms with van der Waals surface area (Å²) in [6.45, 7) is 5.87. The van der Waals surface area contributed by atoms with E-state index in [1.807, 2.05) is 30.3 Å². The molecule has 1 aromatic carbocycles. The molecule has 4 aromatic heterocycles. The lowest BCUT2D eigenvalue weighted by molar-refractivity contribution is -0.135. The number of piperazine rings is 1. The summed E-state index contributed by atoms with van der Waals surface area (Å²) in [5.41, 5.74) is 4.81. The molecule has 56 heavy (non-hydrogen) atoms. The van der Waals surface area contributed by atoms with E-state index in [1.165, 1.54) is 36.7 Å². The fourth-order valence-electron chi connectivity index (χ4n) is 8.39. The van der Waals surface area contributed by atoms with Crippen molar-refractivity contribution >= 4 is 45.3 Å². The molecule has 16 heteroatoms. The van der Waals surface area contributed by atoms with Crippen molar-refractivity contribution in [1.29, 1.82) is 0 Å². The van der Waals surface area contributed by atoms with Crippen molar-refractivity contribution in [3.63, 3.8) is 0 Å². The Morgan fingerprint density at radius 3 is 2.30 bits per heavy atom. The molecule has 3 aliphatic heterocycles. The second-order valence-corrected chi connectivity index (χ2v) is 15.3. The third-order valence-corrected chi connectivity index (χ3v) is 11.7. The van der Waals surface area contributed by atoms with Gasteiger partial charge in [-0.25, -0.2) is 19.7 Å². The lowest BCUT2D eigenvalue weighted by Gasteiger charge is -2.36. The maximum absolute atomic E-state index is 13.0. The topological polar surface area (TPSA) is 169 Å². The highest BCUT2D eigenvalue weighted by atomic mass is 16.5. The van der Waals surface area contributed by atoms with E-state index >= 15 is 0 Å². The van der Waals surface area contributed by atoms with Gasteiger partial charge in [0.15, 0.2) is 0 Å². The van der Waals surface area contributed by atoms with Gasteiger partial charge < -0.3 is 24.2 Å². The van der Waals surface area contributed by atoms with Crippen molar-refractivity contribution < 1.29 is 19.1 Å². The summed E-state index contributed by atoms with van der Waals surface area (Å²) < 4.78 is 14.7. The lowest BCUT2D eigenvalue weighted by Crippen LogP contribution is -2.44. The van der Waals surface area contributed by atoms with Crippen molar-refractivity contribution in [1.82, 2.24) is 44.5 Å². The summed E-state index contributed by atoms with van der Waals surface area (Å²) in [6, 6.07) is 9.22. The number of amides is 2. The van der Waals surface area contributed by atoms with Crippen LogP contribution in [0.15, 0.2) is 47.7 Å². The first-order valence-corrected chi connectivity index (χ1v) is 19.8. The van der Waals surface area contributed by atoms with Gasteiger partial charge >= 0.3 is 5.69 Å². The first-order chi connectivity index (χ1) is 27.2. The predicted molar refractivity (Wildman–Crippen MR) is 213 cm³/mol. The van der Waals surface area contributed by atoms with E-state index < -0.39 is 11.9 Å². The fourth-order valence-corrected chi connectivity index (χ4v) is 8.39. The maximum atomic E-state index is 13.0. The number of carbonyl (C=O) groups excluding carboxylic acids is 2. The number of carbonyl (C=O) groups is 2. The highest BCUT2D eigenvalue weighted by molar-refractivity contribution is 6.00. The Morgan fingerprint density at radius 1 is 0.786 bits per heavy atom. The standard InChI is InChI=1S/C24H32N4O4.C16H19N7O/c1-26-21-15-16(27-13-11-18(12-14-27)32-17-5-3-2-4-6-17)7-8-19(21)28(24(26)31)20-9-10-22(29)25-23(20)30;1-22-3-5-23(6-4-22)14-8-12(18-10-19-14)16-11-7-15(24-2)17-9-13(11)20-21-16/h7-8,15,17-18,20H,2-6,9-14H2,1H3,(H,25,29,30);7-10H,3-6H2,1-2H3,(H,20,21). The second kappa shape index (κ2) is 16.4. The molecule has 2 amide bonds. The molecule has 4 fully saturated rings. The molecule has 9 rings (SSSR count). The average Bonchev–Trinajstić information content (AvgIpc) is 3.76. The summed E-state index contributed by atoms with van der Waals surface area (Å²) in [7, 11) is 5.48. The zero-order chi connectivity index (χ0) is 38.8. The summed E-state index contributed by atoms with van der Waals surface area (Å²) >= 11 is 0. The number of nitrogens with zero attached hydrogens (tertiary/aromatic N) is 9. The van der Waals surface area contributed by atoms with Crippen LogP contribution >= 0.6 is 0 Å². The number of aromatic nitrogens is 7. The van der Waals surface area contributed by atoms with E-state index in [9.17, 15) is 14.4 Å². The van der Waals surface area contributed by atoms with Crippen molar-refractivity contribution in [3.05, 3.63) is 53.3 Å². The number of anilines is 2. The molecule has 0 radical (unpaired) electrons. The van der Waals surface area contributed by atoms with E-state index in [4.69, 9.17) is 9.47 Å². The molecule has 1 aliphatic carbocycles. The van der Waals surface area contributed by atoms with Crippen molar-refractivity contribution in [2.45, 2.75) is 76.0 Å². The number of methoxy groups -OCH3 is 1. The normalized spacial score (nSPS) is 20.3. The molecule has 1 unspecified atom stereocenters. The Kier molecular flexibility index (Phi) is 11.0. The molecular weight excluding hydrogens is 715 g/mol. The van der Waals surface area contributed by atoms with Gasteiger partial charge in [0.1, 0.15) is 23.9 Å². The van der Waals surface area contributed by atoms with E-state index in [2.05, 4.69) is 52.2 Å². The minimum Gasteiger partial charge on any atom is -0.481 e. The average molecular weight is 766 g/mol. The first kappa shape index (κ1) is 37.6. The van der Waals surface area contributed by atoms with Gasteiger partial charge in [0.2, 0.25) is 17.7 Å². The van der Waals surface area contributed by atoms with Crippen molar-refractivity contribution in [3.8, 4) is 17.3 Å². The molecule has 1 atom stereocenters. The number of aryl methyl sites for hydroxylation is 1. The van der Waals surface area contributed by atoms with Crippen LogP contribution in [0.1, 0.15) is 63.8 Å². The molecule has 2 N–H and O–H groups in total. The van der Waals surface area contributed by atoms with Crippen LogP contribution < -0.4 is 25.5 Å². The Balaban J connectivity index is 0.000000164. The minimum atomic E-state index is -0.651. The number of pyridine rings is 1. The molecule has 16 nitrogen and oxygen atoms in total. The summed E-state index contributed by atoms with van der Waals surface area (Å²) in [5.74, 6) is 0.807. The number of hydrogen-bond donors (Lipinski definition) is 2. The predicted octanol–water partition coefficient (Wildman–Crippen LogP) is 3.81. The van der Waals surface area contributed by atoms with Gasteiger partial charge in [0, 0.05) is 75.9 Å². The lowest BCUT2D eigenvalue weighted by atomic mass is 9.97. The number of hydrogen-bond acceptors (Lipinski definition) is 12. The van der Waals surface area contributed by atoms with Crippen molar-refractivity contribution in [2.24, 2.45) is 7.05 Å². The van der Waals surface area contributed by atoms with Gasteiger partial charge in [-0.2, -0.15) is 5.10 Å². The van der Waals surface area contributed by atoms with Crippen LogP contribution in [0.3, 0.4) is 0 Å². The number of piperidine rings is 2. The minimum absolute atomic E-state index is 0.230. The SMILES string of the molecule is COc1cc2c(-c3cc(N4CCN(C)CC4)ncn3)n[nH]c2cn1.Cn1c(=O)n(C2CCC(=O)NC2=O)c2ccc(N3CCC(OC4CCCCC4)CC3)cc21. The van der Waals surface area contributed by atoms with Crippen LogP contribution in [-0.4, -0.2) is 117 Å². The van der Waals surface area contributed by atoms with Crippen LogP contribution in [0, 0.1) is 0 Å². The van der Waals surface area contributed by atoms with Gasteiger partial charge in [0.05, 0.1) is 47.8 Å². The quantitative estimate of drug-likeness (QED) is 0.230. The monoisotopic (exact) mass is 765 g/mol. The van der Waals surface area contributed by atoms with E-state index in [0.717, 1.165) is 96.9 Å². The number of H-pyrrole nitrogens is 1. The Labute approximate surface area is 325 Å². The van der Waals surface area contributed by atoms with E-state index in [0.29, 0.717) is 24.5 Å². The third-order valence-electron chi connectivity index (χ3n) is 11.7. The number of rotatable bonds is 7. The van der Waals surface area contributed by atoms with Gasteiger partial charge in [-0.1, -0.05) is 19.3 Å². The van der Waals surface area contributed by atoms with Crippen molar-refractivity contribution in [2.75, 3.05) is 63.2 Å². The number of imidazole rings is 1. The molecule has 1 saturated carbocycles. The van der Waals surface area contributed by atoms with E-state index in [1.54, 1.807) is 31.2 Å². The maximum Gasteiger partial charge on any atom is 0.329 e. The molecule has 5 aromatic rings. The number of fused-ring (bicyclic) bond motifs is 2. The highest BCUT2D eigenvalue weighted by Crippen LogP contribution is 2.31. The highest BCUT2D eigenvalue weighted by Gasteiger charge is 2.32. The zero-order valence-electron chi connectivity index (χ0n) is 32.4. The summed E-state index contributed by atoms with van der Waals surface area (Å²) in [5, 5.41) is 10.7. The molecule has 296 valence electrons. The Hall–Kier alpha value is -5.35. The van der Waals surface area contributed by atoms with Gasteiger partial charge in [-0.15, -0.1) is 0 Å². The number of ether oxygens (including phenoxy) is 2. The van der Waals surface area contributed by atoms with E-state index in [-0.39, 0.29) is 18.0 Å². The first-order valence-electron chi connectivity index (χ1n) is 19.8. The second-order valence-electron chi connectivity index (χ2n) is 15.3. The number of likely N-dealkylation sites (N-methyl/N-ethyl adjacent to an activating group) is 1. The zero-order valence-corrected chi connectivity index (χ0v) is 32.4. The van der Waals surface area contributed by atoms with Crippen LogP contribution in [0.4, 0.5) is 11.5 Å². The number of nitrogens with one attached hydrogen (secondary N) is 2. The molecule has 0 bridgehead atoms. The molecule has 4 aliphatic rings. The molecule has 7 heterocycles.